The van der Waals surface area contributed by atoms with E-state index >= 15 is 0 Å². The Hall–Kier alpha value is -4.00. The van der Waals surface area contributed by atoms with Gasteiger partial charge in [-0.15, -0.1) is 0 Å². The number of rotatable bonds is 10. The summed E-state index contributed by atoms with van der Waals surface area (Å²) in [4.78, 5) is 41.3. The zero-order valence-electron chi connectivity index (χ0n) is 19.6. The summed E-state index contributed by atoms with van der Waals surface area (Å²) in [5.74, 6) is -2.22. The summed E-state index contributed by atoms with van der Waals surface area (Å²) in [7, 11) is 1.75. The van der Waals surface area contributed by atoms with Crippen molar-refractivity contribution in [2.45, 2.75) is 25.5 Å². The van der Waals surface area contributed by atoms with Crippen molar-refractivity contribution in [1.82, 2.24) is 14.8 Å². The molecule has 0 atom stereocenters. The molecule has 2 aromatic heterocycles. The molecule has 0 aliphatic carbocycles. The Balaban J connectivity index is 1.57. The van der Waals surface area contributed by atoms with E-state index in [9.17, 15) is 23.2 Å². The first-order valence-electron chi connectivity index (χ1n) is 10.5. The van der Waals surface area contributed by atoms with Gasteiger partial charge in [-0.1, -0.05) is 23.9 Å². The maximum atomic E-state index is 12.6. The first-order valence-corrected chi connectivity index (χ1v) is 11.5. The van der Waals surface area contributed by atoms with Crippen molar-refractivity contribution in [2.75, 3.05) is 23.0 Å². The van der Waals surface area contributed by atoms with Crippen LogP contribution in [0.25, 0.3) is 0 Å². The normalized spacial score (nSPS) is 10.7. The second-order valence-corrected chi connectivity index (χ2v) is 8.33. The van der Waals surface area contributed by atoms with Gasteiger partial charge in [-0.05, 0) is 38.1 Å². The molecule has 3 rings (SSSR count). The predicted octanol–water partition coefficient (Wildman–Crippen LogP) is 3.56. The van der Waals surface area contributed by atoms with Crippen molar-refractivity contribution >= 4 is 40.9 Å². The van der Waals surface area contributed by atoms with Crippen LogP contribution in [0.15, 0.2) is 47.6 Å². The molecular formula is C23H23F2N5O5S. The number of nitrogens with one attached hydrogen (secondary N) is 2. The van der Waals surface area contributed by atoms with Crippen LogP contribution in [0.1, 0.15) is 21.7 Å². The van der Waals surface area contributed by atoms with Crippen LogP contribution in [-0.2, 0) is 21.4 Å². The fourth-order valence-electron chi connectivity index (χ4n) is 3.09. The van der Waals surface area contributed by atoms with Crippen molar-refractivity contribution in [3.8, 4) is 5.75 Å². The Kier molecular flexibility index (Phi) is 8.95. The average molecular weight is 520 g/mol. The second kappa shape index (κ2) is 12.1. The first kappa shape index (κ1) is 26.6. The number of carbonyl (C=O) groups excluding carboxylic acids is 3. The highest BCUT2D eigenvalue weighted by Gasteiger charge is 2.19. The van der Waals surface area contributed by atoms with E-state index in [1.165, 1.54) is 36.5 Å². The molecule has 0 saturated carbocycles. The Morgan fingerprint density at radius 1 is 1.08 bits per heavy atom. The molecule has 3 aromatic rings. The van der Waals surface area contributed by atoms with E-state index in [-0.39, 0.29) is 27.8 Å². The summed E-state index contributed by atoms with van der Waals surface area (Å²) in [6.07, 6.45) is 1.43. The molecule has 0 saturated heterocycles. The summed E-state index contributed by atoms with van der Waals surface area (Å²) >= 11 is 0.942. The van der Waals surface area contributed by atoms with Crippen LogP contribution < -0.4 is 15.4 Å². The molecule has 0 aliphatic heterocycles. The topological polar surface area (TPSA) is 124 Å². The van der Waals surface area contributed by atoms with E-state index in [2.05, 4.69) is 25.5 Å². The number of carbonyl (C=O) groups is 3. The zero-order valence-corrected chi connectivity index (χ0v) is 20.4. The summed E-state index contributed by atoms with van der Waals surface area (Å²) in [5, 5.41) is 9.57. The lowest BCUT2D eigenvalue weighted by molar-refractivity contribution is -0.119. The van der Waals surface area contributed by atoms with E-state index in [0.717, 1.165) is 17.5 Å². The monoisotopic (exact) mass is 519 g/mol. The second-order valence-electron chi connectivity index (χ2n) is 7.36. The molecule has 1 aromatic carbocycles. The maximum absolute atomic E-state index is 12.6. The molecule has 2 amide bonds. The van der Waals surface area contributed by atoms with Gasteiger partial charge in [0.25, 0.3) is 5.91 Å². The third-order valence-electron chi connectivity index (χ3n) is 4.82. The summed E-state index contributed by atoms with van der Waals surface area (Å²) in [6.45, 7) is -0.0399. The standard InChI is InChI=1S/C23H23F2N5O5S/c1-13-20(14(2)30(3)29-13)28-18(31)11-34-22(33)15-7-6-10-26-21(15)36-12-19(32)27-16-8-4-5-9-17(16)35-23(24)25/h4-10,23H,11-12H2,1-3H3,(H,27,32)(H,28,31). The number of alkyl halides is 2. The van der Waals surface area contributed by atoms with Gasteiger partial charge in [0.05, 0.1) is 34.1 Å². The minimum absolute atomic E-state index is 0.0678. The maximum Gasteiger partial charge on any atom is 0.387 e. The van der Waals surface area contributed by atoms with Gasteiger partial charge in [-0.3, -0.25) is 14.3 Å². The Labute approximate surface area is 209 Å². The molecule has 0 bridgehead atoms. The molecule has 10 nitrogen and oxygen atoms in total. The third kappa shape index (κ3) is 7.01. The van der Waals surface area contributed by atoms with Crippen molar-refractivity contribution in [1.29, 1.82) is 0 Å². The third-order valence-corrected chi connectivity index (χ3v) is 5.82. The number of ether oxygens (including phenoxy) is 2. The largest absolute Gasteiger partial charge is 0.452 e. The van der Waals surface area contributed by atoms with E-state index in [1.807, 2.05) is 0 Å². The van der Waals surface area contributed by atoms with Crippen molar-refractivity contribution < 1.29 is 32.6 Å². The van der Waals surface area contributed by atoms with Crippen LogP contribution >= 0.6 is 11.8 Å². The molecule has 0 radical (unpaired) electrons. The molecule has 0 aliphatic rings. The number of hydrogen-bond donors (Lipinski definition) is 2. The number of hydrogen-bond acceptors (Lipinski definition) is 8. The number of esters is 1. The lowest BCUT2D eigenvalue weighted by atomic mass is 10.3. The number of thioether (sulfide) groups is 1. The molecule has 190 valence electrons. The molecular weight excluding hydrogens is 496 g/mol. The van der Waals surface area contributed by atoms with E-state index in [4.69, 9.17) is 4.74 Å². The summed E-state index contributed by atoms with van der Waals surface area (Å²) < 4.78 is 36.3. The lowest BCUT2D eigenvalue weighted by Crippen LogP contribution is -2.22. The molecule has 0 spiro atoms. The Morgan fingerprint density at radius 2 is 1.83 bits per heavy atom. The highest BCUT2D eigenvalue weighted by molar-refractivity contribution is 8.00. The van der Waals surface area contributed by atoms with Crippen molar-refractivity contribution in [2.24, 2.45) is 7.05 Å². The highest BCUT2D eigenvalue weighted by atomic mass is 32.2. The van der Waals surface area contributed by atoms with Gasteiger partial charge in [0.1, 0.15) is 10.8 Å². The van der Waals surface area contributed by atoms with Crippen LogP contribution in [0.3, 0.4) is 0 Å². The van der Waals surface area contributed by atoms with Crippen LogP contribution in [0.4, 0.5) is 20.2 Å². The number of para-hydroxylation sites is 2. The minimum atomic E-state index is -3.04. The lowest BCUT2D eigenvalue weighted by Gasteiger charge is -2.12. The van der Waals surface area contributed by atoms with Gasteiger partial charge in [-0.25, -0.2) is 9.78 Å². The van der Waals surface area contributed by atoms with Gasteiger partial charge in [0.2, 0.25) is 5.91 Å². The summed E-state index contributed by atoms with van der Waals surface area (Å²) in [6, 6.07) is 8.74. The number of aryl methyl sites for hydroxylation is 2. The molecule has 0 fully saturated rings. The highest BCUT2D eigenvalue weighted by Crippen LogP contribution is 2.27. The number of nitrogens with zero attached hydrogens (tertiary/aromatic N) is 3. The molecule has 2 heterocycles. The number of anilines is 2. The van der Waals surface area contributed by atoms with E-state index in [0.29, 0.717) is 11.4 Å². The first-order chi connectivity index (χ1) is 17.2. The van der Waals surface area contributed by atoms with E-state index in [1.54, 1.807) is 31.6 Å². The van der Waals surface area contributed by atoms with E-state index < -0.39 is 31.0 Å². The SMILES string of the molecule is Cc1nn(C)c(C)c1NC(=O)COC(=O)c1cccnc1SCC(=O)Nc1ccccc1OC(F)F. The number of amides is 2. The van der Waals surface area contributed by atoms with Crippen LogP contribution in [-0.4, -0.2) is 51.5 Å². The molecule has 13 heteroatoms. The van der Waals surface area contributed by atoms with Crippen LogP contribution in [0.5, 0.6) is 5.75 Å². The van der Waals surface area contributed by atoms with Gasteiger partial charge in [-0.2, -0.15) is 13.9 Å². The Morgan fingerprint density at radius 3 is 2.53 bits per heavy atom. The average Bonchev–Trinajstić information content (AvgIpc) is 3.08. The van der Waals surface area contributed by atoms with Gasteiger partial charge >= 0.3 is 12.6 Å². The molecule has 36 heavy (non-hydrogen) atoms. The predicted molar refractivity (Wildman–Crippen MR) is 128 cm³/mol. The fraction of sp³-hybridized carbons (Fsp3) is 0.261. The zero-order chi connectivity index (χ0) is 26.2. The van der Waals surface area contributed by atoms with Crippen molar-refractivity contribution in [3.05, 3.63) is 59.5 Å². The van der Waals surface area contributed by atoms with Gasteiger partial charge in [0, 0.05) is 13.2 Å². The van der Waals surface area contributed by atoms with Crippen LogP contribution in [0.2, 0.25) is 0 Å². The summed E-state index contributed by atoms with van der Waals surface area (Å²) in [5.41, 5.74) is 2.07. The number of aromatic nitrogens is 3. The Bertz CT molecular complexity index is 1270. The quantitative estimate of drug-likeness (QED) is 0.308. The van der Waals surface area contributed by atoms with Gasteiger partial charge in [0.15, 0.2) is 6.61 Å². The van der Waals surface area contributed by atoms with Gasteiger partial charge < -0.3 is 20.1 Å². The fourth-order valence-corrected chi connectivity index (χ4v) is 3.87. The number of halogens is 2. The number of pyridine rings is 1. The smallest absolute Gasteiger partial charge is 0.387 e. The molecule has 0 unspecified atom stereocenters. The van der Waals surface area contributed by atoms with Crippen LogP contribution in [0, 0.1) is 13.8 Å². The molecule has 2 N–H and O–H groups in total. The number of benzene rings is 1. The van der Waals surface area contributed by atoms with Crippen molar-refractivity contribution in [3.63, 3.8) is 0 Å². The minimum Gasteiger partial charge on any atom is -0.452 e.